The zero-order chi connectivity index (χ0) is 13.7. The average molecular weight is 272 g/mol. The van der Waals surface area contributed by atoms with Gasteiger partial charge in [-0.3, -0.25) is 4.79 Å². The molecule has 0 aliphatic rings. The molecule has 1 aromatic carbocycles. The van der Waals surface area contributed by atoms with Gasteiger partial charge in [-0.2, -0.15) is 0 Å². The van der Waals surface area contributed by atoms with Crippen LogP contribution in [0.1, 0.15) is 15.9 Å². The molecule has 0 saturated carbocycles. The van der Waals surface area contributed by atoms with Crippen molar-refractivity contribution in [1.29, 1.82) is 0 Å². The fourth-order valence-corrected chi connectivity index (χ4v) is 1.94. The Hall–Kier alpha value is -1.10. The Balaban J connectivity index is 2.74. The molecule has 1 unspecified atom stereocenters. The normalized spacial score (nSPS) is 12.3. The number of rotatable bonds is 5. The lowest BCUT2D eigenvalue weighted by Gasteiger charge is -2.21. The lowest BCUT2D eigenvalue weighted by Crippen LogP contribution is -2.36. The largest absolute Gasteiger partial charge is 0.389 e. The second-order valence-corrected chi connectivity index (χ2v) is 4.69. The first-order chi connectivity index (χ1) is 8.45. The van der Waals surface area contributed by atoms with Crippen LogP contribution in [0.25, 0.3) is 0 Å². The third-order valence-electron chi connectivity index (χ3n) is 2.61. The fraction of sp³-hybridized carbons (Fsp3) is 0.462. The van der Waals surface area contributed by atoms with E-state index in [1.54, 1.807) is 25.2 Å². The summed E-state index contributed by atoms with van der Waals surface area (Å²) < 4.78 is 4.82. The van der Waals surface area contributed by atoms with Gasteiger partial charge in [-0.15, -0.1) is 0 Å². The Morgan fingerprint density at radius 3 is 2.78 bits per heavy atom. The minimum absolute atomic E-state index is 0.140. The summed E-state index contributed by atoms with van der Waals surface area (Å²) in [6, 6.07) is 5.12. The maximum absolute atomic E-state index is 12.1. The number of carbonyl (C=O) groups excluding carboxylic acids is 1. The zero-order valence-electron chi connectivity index (χ0n) is 10.8. The number of aliphatic hydroxyl groups is 1. The molecule has 0 heterocycles. The Morgan fingerprint density at radius 1 is 1.56 bits per heavy atom. The molecular formula is C13H18ClNO3. The molecule has 100 valence electrons. The zero-order valence-corrected chi connectivity index (χ0v) is 11.6. The highest BCUT2D eigenvalue weighted by Crippen LogP contribution is 2.16. The van der Waals surface area contributed by atoms with Gasteiger partial charge in [0.2, 0.25) is 0 Å². The highest BCUT2D eigenvalue weighted by atomic mass is 35.5. The van der Waals surface area contributed by atoms with Crippen molar-refractivity contribution < 1.29 is 14.6 Å². The van der Waals surface area contributed by atoms with Gasteiger partial charge >= 0.3 is 0 Å². The van der Waals surface area contributed by atoms with Gasteiger partial charge < -0.3 is 14.7 Å². The second kappa shape index (κ2) is 6.73. The maximum atomic E-state index is 12.1. The molecule has 0 spiro atoms. The number of hydrogen-bond donors (Lipinski definition) is 1. The van der Waals surface area contributed by atoms with Crippen molar-refractivity contribution in [2.75, 3.05) is 27.3 Å². The number of benzene rings is 1. The number of likely N-dealkylation sites (N-methyl/N-ethyl adjacent to an activating group) is 1. The van der Waals surface area contributed by atoms with Crippen LogP contribution in [0, 0.1) is 6.92 Å². The van der Waals surface area contributed by atoms with E-state index in [2.05, 4.69) is 0 Å². The molecule has 4 nitrogen and oxygen atoms in total. The molecule has 1 aromatic rings. The minimum Gasteiger partial charge on any atom is -0.389 e. The highest BCUT2D eigenvalue weighted by Gasteiger charge is 2.17. The molecule has 1 rings (SSSR count). The number of aliphatic hydroxyl groups excluding tert-OH is 1. The first kappa shape index (κ1) is 15.0. The Labute approximate surface area is 112 Å². The second-order valence-electron chi connectivity index (χ2n) is 4.25. The molecule has 0 fully saturated rings. The van der Waals surface area contributed by atoms with E-state index in [1.165, 1.54) is 12.0 Å². The van der Waals surface area contributed by atoms with E-state index < -0.39 is 6.10 Å². The highest BCUT2D eigenvalue weighted by molar-refractivity contribution is 6.30. The van der Waals surface area contributed by atoms with Crippen LogP contribution >= 0.6 is 11.6 Å². The number of nitrogens with zero attached hydrogens (tertiary/aromatic N) is 1. The van der Waals surface area contributed by atoms with Crippen molar-refractivity contribution in [3.63, 3.8) is 0 Å². The average Bonchev–Trinajstić information content (AvgIpc) is 2.28. The van der Waals surface area contributed by atoms with Crippen LogP contribution in [0.4, 0.5) is 0 Å². The molecule has 0 radical (unpaired) electrons. The summed E-state index contributed by atoms with van der Waals surface area (Å²) in [6.45, 7) is 2.27. The van der Waals surface area contributed by atoms with E-state index in [0.717, 1.165) is 5.56 Å². The molecule has 1 N–H and O–H groups in total. The molecule has 0 saturated heterocycles. The van der Waals surface area contributed by atoms with Crippen LogP contribution in [0.5, 0.6) is 0 Å². The van der Waals surface area contributed by atoms with Crippen molar-refractivity contribution in [3.8, 4) is 0 Å². The summed E-state index contributed by atoms with van der Waals surface area (Å²) in [5.74, 6) is -0.140. The van der Waals surface area contributed by atoms with Crippen molar-refractivity contribution in [2.45, 2.75) is 13.0 Å². The van der Waals surface area contributed by atoms with E-state index in [-0.39, 0.29) is 19.1 Å². The summed E-state index contributed by atoms with van der Waals surface area (Å²) in [5, 5.41) is 10.2. The van der Waals surface area contributed by atoms with Crippen LogP contribution in [0.3, 0.4) is 0 Å². The molecule has 1 amide bonds. The number of ether oxygens (including phenoxy) is 1. The molecule has 0 bridgehead atoms. The van der Waals surface area contributed by atoms with Gasteiger partial charge in [-0.25, -0.2) is 0 Å². The molecule has 1 atom stereocenters. The molecular weight excluding hydrogens is 254 g/mol. The lowest BCUT2D eigenvalue weighted by molar-refractivity contribution is 0.0380. The molecule has 0 aliphatic heterocycles. The molecule has 0 aromatic heterocycles. The number of hydrogen-bond acceptors (Lipinski definition) is 3. The number of amides is 1. The monoisotopic (exact) mass is 271 g/mol. The summed E-state index contributed by atoms with van der Waals surface area (Å²) in [4.78, 5) is 13.6. The SMILES string of the molecule is COCC(O)CN(C)C(=O)c1ccc(Cl)cc1C. The van der Waals surface area contributed by atoms with E-state index in [4.69, 9.17) is 16.3 Å². The number of halogens is 1. The van der Waals surface area contributed by atoms with Crippen molar-refractivity contribution in [2.24, 2.45) is 0 Å². The summed E-state index contributed by atoms with van der Waals surface area (Å²) in [7, 11) is 3.16. The van der Waals surface area contributed by atoms with Crippen molar-refractivity contribution >= 4 is 17.5 Å². The first-order valence-corrected chi connectivity index (χ1v) is 6.02. The van der Waals surface area contributed by atoms with Gasteiger partial charge in [0.25, 0.3) is 5.91 Å². The van der Waals surface area contributed by atoms with Gasteiger partial charge in [-0.05, 0) is 30.7 Å². The minimum atomic E-state index is -0.684. The summed E-state index contributed by atoms with van der Waals surface area (Å²) >= 11 is 5.85. The third kappa shape index (κ3) is 3.98. The standard InChI is InChI=1S/C13H18ClNO3/c1-9-6-10(14)4-5-12(9)13(17)15(2)7-11(16)8-18-3/h4-6,11,16H,7-8H2,1-3H3. The first-order valence-electron chi connectivity index (χ1n) is 5.64. The van der Waals surface area contributed by atoms with Gasteiger partial charge in [0, 0.05) is 31.3 Å². The summed E-state index contributed by atoms with van der Waals surface area (Å²) in [5.41, 5.74) is 1.41. The smallest absolute Gasteiger partial charge is 0.253 e. The van der Waals surface area contributed by atoms with Crippen LogP contribution in [0.2, 0.25) is 5.02 Å². The van der Waals surface area contributed by atoms with Crippen LogP contribution in [-0.2, 0) is 4.74 Å². The Kier molecular flexibility index (Phi) is 5.59. The fourth-order valence-electron chi connectivity index (χ4n) is 1.72. The van der Waals surface area contributed by atoms with Crippen molar-refractivity contribution in [3.05, 3.63) is 34.3 Å². The van der Waals surface area contributed by atoms with E-state index in [9.17, 15) is 9.90 Å². The lowest BCUT2D eigenvalue weighted by atomic mass is 10.1. The van der Waals surface area contributed by atoms with Gasteiger partial charge in [0.05, 0.1) is 12.7 Å². The van der Waals surface area contributed by atoms with E-state index in [0.29, 0.717) is 10.6 Å². The Bertz CT molecular complexity index is 423. The summed E-state index contributed by atoms with van der Waals surface area (Å²) in [6.07, 6.45) is -0.684. The van der Waals surface area contributed by atoms with Gasteiger partial charge in [0.15, 0.2) is 0 Å². The van der Waals surface area contributed by atoms with Crippen LogP contribution in [0.15, 0.2) is 18.2 Å². The van der Waals surface area contributed by atoms with Crippen molar-refractivity contribution in [1.82, 2.24) is 4.90 Å². The molecule has 0 aliphatic carbocycles. The number of aryl methyl sites for hydroxylation is 1. The number of carbonyl (C=O) groups is 1. The third-order valence-corrected chi connectivity index (χ3v) is 2.84. The van der Waals surface area contributed by atoms with E-state index >= 15 is 0 Å². The Morgan fingerprint density at radius 2 is 2.22 bits per heavy atom. The maximum Gasteiger partial charge on any atom is 0.253 e. The van der Waals surface area contributed by atoms with Crippen LogP contribution in [-0.4, -0.2) is 49.3 Å². The van der Waals surface area contributed by atoms with Gasteiger partial charge in [0.1, 0.15) is 0 Å². The molecule has 18 heavy (non-hydrogen) atoms. The quantitative estimate of drug-likeness (QED) is 0.887. The molecule has 5 heteroatoms. The topological polar surface area (TPSA) is 49.8 Å². The van der Waals surface area contributed by atoms with Gasteiger partial charge in [-0.1, -0.05) is 11.6 Å². The van der Waals surface area contributed by atoms with Crippen LogP contribution < -0.4 is 0 Å². The van der Waals surface area contributed by atoms with E-state index in [1.807, 2.05) is 6.92 Å². The predicted octanol–water partition coefficient (Wildman–Crippen LogP) is 1.73. The predicted molar refractivity (Wildman–Crippen MR) is 71.0 cm³/mol. The number of methoxy groups -OCH3 is 1.